The van der Waals surface area contributed by atoms with E-state index in [0.29, 0.717) is 38.4 Å². The van der Waals surface area contributed by atoms with Gasteiger partial charge in [0, 0.05) is 45.3 Å². The molecule has 0 spiro atoms. The lowest BCUT2D eigenvalue weighted by Gasteiger charge is -2.34. The maximum Gasteiger partial charge on any atom is 0.414 e. The molecule has 3 rings (SSSR count). The maximum absolute atomic E-state index is 13.3. The number of sulfonamides is 1. The molecule has 10 nitrogen and oxygen atoms in total. The Bertz CT molecular complexity index is 1090. The number of carbonyl (C=O) groups is 3. The molecule has 0 radical (unpaired) electrons. The average Bonchev–Trinajstić information content (AvgIpc) is 2.74. The molecule has 3 N–H and O–H groups in total. The third-order valence-corrected chi connectivity index (χ3v) is 6.53. The molecule has 0 aliphatic carbocycles. The molecule has 1 fully saturated rings. The summed E-state index contributed by atoms with van der Waals surface area (Å²) in [5, 5.41) is 17.4. The van der Waals surface area contributed by atoms with E-state index in [0.717, 1.165) is 5.56 Å². The number of rotatable bonds is 5. The van der Waals surface area contributed by atoms with E-state index in [1.165, 1.54) is 35.5 Å². The SMILES string of the molecule is CC(=O)Nc1ccc(S(=O)(=O)N2CCN(Cc3cccc(F)c3)CC2)cc1.O=C(O)C(=O)O. The highest BCUT2D eigenvalue weighted by Gasteiger charge is 2.28. The average molecular weight is 482 g/mol. The quantitative estimate of drug-likeness (QED) is 0.544. The van der Waals surface area contributed by atoms with Crippen molar-refractivity contribution in [2.24, 2.45) is 0 Å². The van der Waals surface area contributed by atoms with Crippen LogP contribution in [0.2, 0.25) is 0 Å². The molecule has 0 bridgehead atoms. The standard InChI is InChI=1S/C19H22FN3O3S.C2H2O4/c1-15(24)21-18-5-7-19(8-6-18)27(25,26)23-11-9-22(10-12-23)14-16-3-2-4-17(20)13-16;3-1(4)2(5)6/h2-8,13H,9-12,14H2,1H3,(H,21,24);(H,3,4)(H,5,6). The van der Waals surface area contributed by atoms with Crippen molar-refractivity contribution in [3.63, 3.8) is 0 Å². The zero-order chi connectivity index (χ0) is 24.6. The Labute approximate surface area is 190 Å². The van der Waals surface area contributed by atoms with Gasteiger partial charge in [0.05, 0.1) is 4.90 Å². The zero-order valence-electron chi connectivity index (χ0n) is 17.8. The van der Waals surface area contributed by atoms with Gasteiger partial charge in [-0.05, 0) is 42.0 Å². The molecule has 178 valence electrons. The van der Waals surface area contributed by atoms with Gasteiger partial charge in [0.15, 0.2) is 0 Å². The van der Waals surface area contributed by atoms with Crippen molar-refractivity contribution in [3.05, 3.63) is 59.9 Å². The fourth-order valence-electron chi connectivity index (χ4n) is 3.08. The van der Waals surface area contributed by atoms with Crippen LogP contribution in [0, 0.1) is 5.82 Å². The van der Waals surface area contributed by atoms with Crippen molar-refractivity contribution >= 4 is 33.6 Å². The van der Waals surface area contributed by atoms with Crippen LogP contribution in [0.15, 0.2) is 53.4 Å². The number of carboxylic acid groups (broad SMARTS) is 2. The highest BCUT2D eigenvalue weighted by molar-refractivity contribution is 7.89. The first-order valence-electron chi connectivity index (χ1n) is 9.80. The first-order chi connectivity index (χ1) is 15.5. The fourth-order valence-corrected chi connectivity index (χ4v) is 4.51. The van der Waals surface area contributed by atoms with Crippen LogP contribution in [0.5, 0.6) is 0 Å². The Morgan fingerprint density at radius 2 is 1.55 bits per heavy atom. The van der Waals surface area contributed by atoms with Crippen molar-refractivity contribution in [3.8, 4) is 0 Å². The molecule has 1 saturated heterocycles. The smallest absolute Gasteiger partial charge is 0.414 e. The monoisotopic (exact) mass is 481 g/mol. The summed E-state index contributed by atoms with van der Waals surface area (Å²) >= 11 is 0. The van der Waals surface area contributed by atoms with Crippen molar-refractivity contribution in [1.29, 1.82) is 0 Å². The number of nitrogens with zero attached hydrogens (tertiary/aromatic N) is 2. The third kappa shape index (κ3) is 7.93. The molecule has 12 heteroatoms. The van der Waals surface area contributed by atoms with Crippen molar-refractivity contribution in [1.82, 2.24) is 9.21 Å². The molecule has 0 atom stereocenters. The molecule has 0 saturated carbocycles. The third-order valence-electron chi connectivity index (χ3n) is 4.62. The van der Waals surface area contributed by atoms with E-state index in [4.69, 9.17) is 19.8 Å². The topological polar surface area (TPSA) is 144 Å². The molecule has 2 aromatic rings. The second-order valence-electron chi connectivity index (χ2n) is 7.13. The maximum atomic E-state index is 13.3. The van der Waals surface area contributed by atoms with Gasteiger partial charge in [-0.1, -0.05) is 12.1 Å². The normalized spacial score (nSPS) is 14.6. The van der Waals surface area contributed by atoms with E-state index < -0.39 is 22.0 Å². The van der Waals surface area contributed by atoms with Crippen LogP contribution < -0.4 is 5.32 Å². The summed E-state index contributed by atoms with van der Waals surface area (Å²) in [5.41, 5.74) is 1.43. The van der Waals surface area contributed by atoms with E-state index >= 15 is 0 Å². The predicted molar refractivity (Wildman–Crippen MR) is 116 cm³/mol. The summed E-state index contributed by atoms with van der Waals surface area (Å²) < 4.78 is 40.4. The number of carboxylic acids is 2. The van der Waals surface area contributed by atoms with Crippen molar-refractivity contribution in [2.45, 2.75) is 18.4 Å². The second kappa shape index (κ2) is 11.5. The Balaban J connectivity index is 0.000000569. The molecule has 2 aromatic carbocycles. The van der Waals surface area contributed by atoms with E-state index in [-0.39, 0.29) is 16.6 Å². The minimum absolute atomic E-state index is 0.204. The summed E-state index contributed by atoms with van der Waals surface area (Å²) in [7, 11) is -3.58. The Morgan fingerprint density at radius 3 is 2.03 bits per heavy atom. The number of benzene rings is 2. The van der Waals surface area contributed by atoms with Gasteiger partial charge < -0.3 is 15.5 Å². The largest absolute Gasteiger partial charge is 0.473 e. The summed E-state index contributed by atoms with van der Waals surface area (Å²) in [5.74, 6) is -4.12. The van der Waals surface area contributed by atoms with Crippen molar-refractivity contribution < 1.29 is 37.4 Å². The molecule has 1 aliphatic heterocycles. The number of anilines is 1. The molecule has 0 aromatic heterocycles. The van der Waals surface area contributed by atoms with Crippen molar-refractivity contribution in [2.75, 3.05) is 31.5 Å². The molecule has 1 aliphatic rings. The number of hydrogen-bond acceptors (Lipinski definition) is 6. The van der Waals surface area contributed by atoms with E-state index in [1.807, 2.05) is 6.07 Å². The first-order valence-corrected chi connectivity index (χ1v) is 11.2. The lowest BCUT2D eigenvalue weighted by atomic mass is 10.2. The highest BCUT2D eigenvalue weighted by atomic mass is 32.2. The van der Waals surface area contributed by atoms with Crippen LogP contribution >= 0.6 is 0 Å². The van der Waals surface area contributed by atoms with Gasteiger partial charge in [-0.15, -0.1) is 0 Å². The van der Waals surface area contributed by atoms with Gasteiger partial charge in [-0.2, -0.15) is 4.31 Å². The number of aliphatic carboxylic acids is 2. The minimum atomic E-state index is -3.58. The van der Waals surface area contributed by atoms with Gasteiger partial charge in [0.2, 0.25) is 15.9 Å². The Morgan fingerprint density at radius 1 is 0.970 bits per heavy atom. The Kier molecular flexibility index (Phi) is 9.02. The van der Waals surface area contributed by atoms with E-state index in [1.54, 1.807) is 18.2 Å². The number of carbonyl (C=O) groups excluding carboxylic acids is 1. The van der Waals surface area contributed by atoms with Crippen LogP contribution in [0.3, 0.4) is 0 Å². The lowest BCUT2D eigenvalue weighted by molar-refractivity contribution is -0.159. The molecule has 1 heterocycles. The predicted octanol–water partition coefficient (Wildman–Crippen LogP) is 1.45. The molecule has 33 heavy (non-hydrogen) atoms. The molecule has 1 amide bonds. The van der Waals surface area contributed by atoms with Gasteiger partial charge in [0.25, 0.3) is 0 Å². The summed E-state index contributed by atoms with van der Waals surface area (Å²) in [6.07, 6.45) is 0. The fraction of sp³-hybridized carbons (Fsp3) is 0.286. The van der Waals surface area contributed by atoms with Crippen LogP contribution in [0.25, 0.3) is 0 Å². The number of amides is 1. The van der Waals surface area contributed by atoms with E-state index in [2.05, 4.69) is 10.2 Å². The summed E-state index contributed by atoms with van der Waals surface area (Å²) in [4.78, 5) is 31.6. The van der Waals surface area contributed by atoms with Crippen LogP contribution in [0.1, 0.15) is 12.5 Å². The zero-order valence-corrected chi connectivity index (χ0v) is 18.6. The Hall–Kier alpha value is -3.35. The number of piperazine rings is 1. The number of halogens is 1. The molecular formula is C21H24FN3O7S. The van der Waals surface area contributed by atoms with Crippen LogP contribution in [0.4, 0.5) is 10.1 Å². The highest BCUT2D eigenvalue weighted by Crippen LogP contribution is 2.20. The van der Waals surface area contributed by atoms with Crippen LogP contribution in [-0.2, 0) is 31.0 Å². The lowest BCUT2D eigenvalue weighted by Crippen LogP contribution is -2.48. The van der Waals surface area contributed by atoms with E-state index in [9.17, 15) is 17.6 Å². The van der Waals surface area contributed by atoms with Crippen LogP contribution in [-0.4, -0.2) is 71.9 Å². The van der Waals surface area contributed by atoms with Gasteiger partial charge >= 0.3 is 11.9 Å². The number of hydrogen-bond donors (Lipinski definition) is 3. The summed E-state index contributed by atoms with van der Waals surface area (Å²) in [6.45, 7) is 3.92. The van der Waals surface area contributed by atoms with Gasteiger partial charge in [-0.25, -0.2) is 22.4 Å². The minimum Gasteiger partial charge on any atom is -0.473 e. The van der Waals surface area contributed by atoms with Gasteiger partial charge in [-0.3, -0.25) is 9.69 Å². The molecule has 0 unspecified atom stereocenters. The van der Waals surface area contributed by atoms with Gasteiger partial charge in [0.1, 0.15) is 5.82 Å². The first kappa shape index (κ1) is 25.9. The number of nitrogens with one attached hydrogen (secondary N) is 1. The molecular weight excluding hydrogens is 457 g/mol. The summed E-state index contributed by atoms with van der Waals surface area (Å²) in [6, 6.07) is 12.6. The second-order valence-corrected chi connectivity index (χ2v) is 9.06.